The Morgan fingerprint density at radius 3 is 2.94 bits per heavy atom. The Hall–Kier alpha value is -1.42. The van der Waals surface area contributed by atoms with Crippen LogP contribution in [0.25, 0.3) is 0 Å². The van der Waals surface area contributed by atoms with Crippen molar-refractivity contribution in [3.63, 3.8) is 0 Å². The third-order valence-corrected chi connectivity index (χ3v) is 2.71. The predicted octanol–water partition coefficient (Wildman–Crippen LogP) is 1.68. The van der Waals surface area contributed by atoms with Crippen molar-refractivity contribution in [2.75, 3.05) is 20.1 Å². The Labute approximate surface area is 95.9 Å². The maximum absolute atomic E-state index is 5.32. The summed E-state index contributed by atoms with van der Waals surface area (Å²) in [4.78, 5) is 11.7. The van der Waals surface area contributed by atoms with E-state index in [1.165, 1.54) is 5.71 Å². The van der Waals surface area contributed by atoms with Crippen LogP contribution in [0.15, 0.2) is 29.7 Å². The van der Waals surface area contributed by atoms with Crippen LogP contribution < -0.4 is 0 Å². The molecule has 1 aromatic heterocycles. The zero-order valence-corrected chi connectivity index (χ0v) is 9.59. The Morgan fingerprint density at radius 1 is 1.44 bits per heavy atom. The quantitative estimate of drug-likeness (QED) is 0.726. The number of piperidine rings is 1. The summed E-state index contributed by atoms with van der Waals surface area (Å²) < 4.78 is 0. The summed E-state index contributed by atoms with van der Waals surface area (Å²) in [6.45, 7) is 2.66. The van der Waals surface area contributed by atoms with Crippen molar-refractivity contribution in [1.82, 2.24) is 9.88 Å². The second-order valence-corrected chi connectivity index (χ2v) is 4.10. The van der Waals surface area contributed by atoms with Crippen molar-refractivity contribution in [3.05, 3.63) is 30.1 Å². The van der Waals surface area contributed by atoms with Crippen molar-refractivity contribution in [1.29, 1.82) is 0 Å². The minimum absolute atomic E-state index is 0.507. The lowest BCUT2D eigenvalue weighted by atomic mass is 10.1. The Balaban J connectivity index is 1.77. The van der Waals surface area contributed by atoms with Gasteiger partial charge in [-0.1, -0.05) is 11.2 Å². The average molecular weight is 219 g/mol. The highest BCUT2D eigenvalue weighted by molar-refractivity contribution is 5.84. The van der Waals surface area contributed by atoms with E-state index in [-0.39, 0.29) is 0 Å². The Morgan fingerprint density at radius 2 is 2.25 bits per heavy atom. The molecule has 0 saturated carbocycles. The maximum atomic E-state index is 5.32. The number of oxime groups is 1. The number of pyridine rings is 1. The van der Waals surface area contributed by atoms with Gasteiger partial charge in [0.15, 0.2) is 0 Å². The van der Waals surface area contributed by atoms with Crippen LogP contribution in [-0.4, -0.2) is 35.7 Å². The van der Waals surface area contributed by atoms with Crippen LogP contribution in [0.5, 0.6) is 0 Å². The second-order valence-electron chi connectivity index (χ2n) is 4.10. The maximum Gasteiger partial charge on any atom is 0.143 e. The molecule has 0 atom stereocenters. The summed E-state index contributed by atoms with van der Waals surface area (Å²) in [6, 6.07) is 3.89. The molecule has 0 amide bonds. The predicted molar refractivity (Wildman–Crippen MR) is 63.2 cm³/mol. The molecule has 4 heteroatoms. The summed E-state index contributed by atoms with van der Waals surface area (Å²) in [5, 5.41) is 4.18. The zero-order chi connectivity index (χ0) is 11.2. The van der Waals surface area contributed by atoms with E-state index in [0.29, 0.717) is 6.61 Å². The molecule has 1 aromatic rings. The van der Waals surface area contributed by atoms with Crippen molar-refractivity contribution >= 4 is 5.71 Å². The van der Waals surface area contributed by atoms with Gasteiger partial charge >= 0.3 is 0 Å². The van der Waals surface area contributed by atoms with Crippen LogP contribution in [0, 0.1) is 0 Å². The molecule has 1 aliphatic heterocycles. The molecule has 0 radical (unpaired) electrons. The zero-order valence-electron chi connectivity index (χ0n) is 9.59. The van der Waals surface area contributed by atoms with Gasteiger partial charge in [-0.25, -0.2) is 0 Å². The Bertz CT molecular complexity index is 341. The van der Waals surface area contributed by atoms with Crippen LogP contribution in [0.4, 0.5) is 0 Å². The lowest BCUT2D eigenvalue weighted by Crippen LogP contribution is -2.30. The number of aromatic nitrogens is 1. The first kappa shape index (κ1) is 11.1. The van der Waals surface area contributed by atoms with Crippen LogP contribution in [0.3, 0.4) is 0 Å². The molecule has 4 nitrogen and oxygen atoms in total. The summed E-state index contributed by atoms with van der Waals surface area (Å²) >= 11 is 0. The van der Waals surface area contributed by atoms with E-state index in [1.807, 2.05) is 12.1 Å². The fourth-order valence-electron chi connectivity index (χ4n) is 1.65. The average Bonchev–Trinajstić information content (AvgIpc) is 2.33. The first-order chi connectivity index (χ1) is 7.84. The van der Waals surface area contributed by atoms with Gasteiger partial charge in [0.05, 0.1) is 5.71 Å². The van der Waals surface area contributed by atoms with Gasteiger partial charge in [-0.3, -0.25) is 4.98 Å². The minimum Gasteiger partial charge on any atom is -0.391 e. The minimum atomic E-state index is 0.507. The van der Waals surface area contributed by atoms with Gasteiger partial charge in [-0.05, 0) is 13.1 Å². The topological polar surface area (TPSA) is 37.7 Å². The molecular weight excluding hydrogens is 202 g/mol. The fraction of sp³-hybridized carbons (Fsp3) is 0.500. The number of rotatable bonds is 3. The molecule has 0 unspecified atom stereocenters. The van der Waals surface area contributed by atoms with Gasteiger partial charge in [0.2, 0.25) is 0 Å². The van der Waals surface area contributed by atoms with Crippen LogP contribution in [0.1, 0.15) is 18.4 Å². The van der Waals surface area contributed by atoms with Crippen molar-refractivity contribution in [2.45, 2.75) is 19.4 Å². The molecular formula is C12H17N3O. The normalized spacial score (nSPS) is 17.2. The van der Waals surface area contributed by atoms with E-state index in [9.17, 15) is 0 Å². The first-order valence-corrected chi connectivity index (χ1v) is 5.60. The van der Waals surface area contributed by atoms with Crippen molar-refractivity contribution in [3.8, 4) is 0 Å². The van der Waals surface area contributed by atoms with Gasteiger partial charge in [0.1, 0.15) is 6.61 Å². The number of hydrogen-bond acceptors (Lipinski definition) is 4. The van der Waals surface area contributed by atoms with Crippen LogP contribution in [-0.2, 0) is 11.4 Å². The molecule has 2 heterocycles. The number of hydrogen-bond donors (Lipinski definition) is 0. The fourth-order valence-corrected chi connectivity index (χ4v) is 1.65. The van der Waals surface area contributed by atoms with E-state index in [0.717, 1.165) is 31.5 Å². The highest BCUT2D eigenvalue weighted by Crippen LogP contribution is 2.06. The number of nitrogens with zero attached hydrogens (tertiary/aromatic N) is 3. The van der Waals surface area contributed by atoms with Crippen LogP contribution >= 0.6 is 0 Å². The molecule has 0 N–H and O–H groups in total. The van der Waals surface area contributed by atoms with Gasteiger partial charge in [-0.15, -0.1) is 0 Å². The van der Waals surface area contributed by atoms with E-state index >= 15 is 0 Å². The van der Waals surface area contributed by atoms with Crippen molar-refractivity contribution in [2.24, 2.45) is 5.16 Å². The molecule has 86 valence electrons. The van der Waals surface area contributed by atoms with E-state index < -0.39 is 0 Å². The standard InChI is InChI=1S/C12H17N3O/c1-15-7-4-12(5-8-15)14-16-10-11-3-2-6-13-9-11/h2-3,6,9H,4-5,7-8,10H2,1H3. The second kappa shape index (κ2) is 5.61. The van der Waals surface area contributed by atoms with Gasteiger partial charge in [0, 0.05) is 43.9 Å². The summed E-state index contributed by atoms with van der Waals surface area (Å²) in [6.07, 6.45) is 5.59. The summed E-state index contributed by atoms with van der Waals surface area (Å²) in [5.74, 6) is 0. The molecule has 1 aliphatic rings. The van der Waals surface area contributed by atoms with Gasteiger partial charge < -0.3 is 9.74 Å². The van der Waals surface area contributed by atoms with E-state index in [4.69, 9.17) is 4.84 Å². The molecule has 1 saturated heterocycles. The lowest BCUT2D eigenvalue weighted by molar-refractivity contribution is 0.127. The first-order valence-electron chi connectivity index (χ1n) is 5.60. The molecule has 0 bridgehead atoms. The molecule has 1 fully saturated rings. The Kier molecular flexibility index (Phi) is 3.88. The molecule has 16 heavy (non-hydrogen) atoms. The highest BCUT2D eigenvalue weighted by Gasteiger charge is 2.11. The molecule has 2 rings (SSSR count). The smallest absolute Gasteiger partial charge is 0.143 e. The molecule has 0 spiro atoms. The third-order valence-electron chi connectivity index (χ3n) is 2.71. The van der Waals surface area contributed by atoms with Crippen LogP contribution in [0.2, 0.25) is 0 Å². The van der Waals surface area contributed by atoms with Crippen molar-refractivity contribution < 1.29 is 4.84 Å². The molecule has 0 aromatic carbocycles. The third kappa shape index (κ3) is 3.31. The SMILES string of the molecule is CN1CCC(=NOCc2cccnc2)CC1. The van der Waals surface area contributed by atoms with Gasteiger partial charge in [-0.2, -0.15) is 0 Å². The molecule has 0 aliphatic carbocycles. The lowest BCUT2D eigenvalue weighted by Gasteiger charge is -2.22. The number of likely N-dealkylation sites (tertiary alicyclic amines) is 1. The monoisotopic (exact) mass is 219 g/mol. The van der Waals surface area contributed by atoms with E-state index in [2.05, 4.69) is 22.1 Å². The van der Waals surface area contributed by atoms with Gasteiger partial charge in [0.25, 0.3) is 0 Å². The largest absolute Gasteiger partial charge is 0.391 e. The summed E-state index contributed by atoms with van der Waals surface area (Å²) in [7, 11) is 2.13. The summed E-state index contributed by atoms with van der Waals surface area (Å²) in [5.41, 5.74) is 2.22. The van der Waals surface area contributed by atoms with E-state index in [1.54, 1.807) is 12.4 Å². The highest BCUT2D eigenvalue weighted by atomic mass is 16.6.